The molecule has 0 spiro atoms. The molecule has 0 bridgehead atoms. The van der Waals surface area contributed by atoms with E-state index in [-0.39, 0.29) is 23.6 Å². The number of Topliss-reactive ketones (excluding diaryl/α,β-unsaturated/α-hetero) is 1. The van der Waals surface area contributed by atoms with Crippen LogP contribution in [0.5, 0.6) is 5.75 Å². The first-order chi connectivity index (χ1) is 12.4. The lowest BCUT2D eigenvalue weighted by Crippen LogP contribution is -2.16. The van der Waals surface area contributed by atoms with E-state index in [1.165, 1.54) is 7.11 Å². The topological polar surface area (TPSA) is 94.7 Å². The first-order valence-corrected chi connectivity index (χ1v) is 8.10. The van der Waals surface area contributed by atoms with Crippen molar-refractivity contribution < 1.29 is 28.6 Å². The number of ether oxygens (including phenoxy) is 3. The smallest absolute Gasteiger partial charge is 0.355 e. The van der Waals surface area contributed by atoms with Crippen molar-refractivity contribution in [2.45, 2.75) is 20.8 Å². The summed E-state index contributed by atoms with van der Waals surface area (Å²) in [6.45, 7) is 4.76. The molecule has 0 aliphatic carbocycles. The minimum Gasteiger partial charge on any atom is -0.496 e. The zero-order valence-corrected chi connectivity index (χ0v) is 15.2. The van der Waals surface area contributed by atoms with Crippen LogP contribution in [-0.4, -0.2) is 43.0 Å². The highest BCUT2D eigenvalue weighted by Gasteiger charge is 2.24. The number of nitrogens with one attached hydrogen (secondary N) is 1. The Morgan fingerprint density at radius 2 is 1.73 bits per heavy atom. The van der Waals surface area contributed by atoms with Gasteiger partial charge in [-0.05, 0) is 38.5 Å². The Balaban J connectivity index is 2.13. The molecule has 0 aliphatic rings. The Morgan fingerprint density at radius 3 is 2.38 bits per heavy atom. The second-order valence-corrected chi connectivity index (χ2v) is 5.55. The summed E-state index contributed by atoms with van der Waals surface area (Å²) in [5.41, 5.74) is 1.65. The van der Waals surface area contributed by atoms with E-state index in [0.29, 0.717) is 22.6 Å². The molecule has 7 nitrogen and oxygen atoms in total. The molecule has 0 aliphatic heterocycles. The highest BCUT2D eigenvalue weighted by Crippen LogP contribution is 2.21. The van der Waals surface area contributed by atoms with Gasteiger partial charge in [0.15, 0.2) is 6.61 Å². The third kappa shape index (κ3) is 3.93. The zero-order chi connectivity index (χ0) is 19.3. The number of rotatable bonds is 7. The largest absolute Gasteiger partial charge is 0.496 e. The number of carbonyl (C=O) groups excluding carboxylic acids is 3. The van der Waals surface area contributed by atoms with Crippen molar-refractivity contribution >= 4 is 17.7 Å². The van der Waals surface area contributed by atoms with E-state index in [0.717, 1.165) is 0 Å². The van der Waals surface area contributed by atoms with Crippen molar-refractivity contribution in [2.75, 3.05) is 20.3 Å². The van der Waals surface area contributed by atoms with Gasteiger partial charge in [0.2, 0.25) is 5.78 Å². The van der Waals surface area contributed by atoms with Crippen LogP contribution >= 0.6 is 0 Å². The van der Waals surface area contributed by atoms with E-state index in [9.17, 15) is 14.4 Å². The van der Waals surface area contributed by atoms with Gasteiger partial charge in [-0.1, -0.05) is 12.1 Å². The van der Waals surface area contributed by atoms with Crippen LogP contribution in [-0.2, 0) is 9.47 Å². The number of aromatic nitrogens is 1. The van der Waals surface area contributed by atoms with Gasteiger partial charge in [0, 0.05) is 5.69 Å². The van der Waals surface area contributed by atoms with E-state index in [1.807, 2.05) is 0 Å². The average Bonchev–Trinajstić information content (AvgIpc) is 2.94. The predicted molar refractivity (Wildman–Crippen MR) is 93.8 cm³/mol. The highest BCUT2D eigenvalue weighted by molar-refractivity contribution is 6.02. The molecule has 7 heteroatoms. The molecule has 0 fully saturated rings. The first-order valence-electron chi connectivity index (χ1n) is 8.10. The van der Waals surface area contributed by atoms with Crippen LogP contribution in [0, 0.1) is 13.8 Å². The van der Waals surface area contributed by atoms with Gasteiger partial charge in [-0.15, -0.1) is 0 Å². The number of aromatic amines is 1. The molecule has 0 unspecified atom stereocenters. The number of hydrogen-bond donors (Lipinski definition) is 1. The lowest BCUT2D eigenvalue weighted by molar-refractivity contribution is 0.0472. The van der Waals surface area contributed by atoms with Crippen molar-refractivity contribution in [3.8, 4) is 5.75 Å². The quantitative estimate of drug-likeness (QED) is 0.603. The molecule has 0 atom stereocenters. The Labute approximate surface area is 151 Å². The highest BCUT2D eigenvalue weighted by atomic mass is 16.5. The van der Waals surface area contributed by atoms with Gasteiger partial charge in [-0.3, -0.25) is 4.79 Å². The molecule has 1 heterocycles. The van der Waals surface area contributed by atoms with E-state index in [4.69, 9.17) is 14.2 Å². The van der Waals surface area contributed by atoms with Crippen LogP contribution in [0.3, 0.4) is 0 Å². The fourth-order valence-electron chi connectivity index (χ4n) is 2.62. The molecule has 26 heavy (non-hydrogen) atoms. The van der Waals surface area contributed by atoms with Crippen molar-refractivity contribution in [1.29, 1.82) is 0 Å². The minimum atomic E-state index is -0.685. The number of benzene rings is 1. The maximum atomic E-state index is 12.4. The molecular weight excluding hydrogens is 338 g/mol. The molecule has 138 valence electrons. The van der Waals surface area contributed by atoms with Crippen LogP contribution in [0.15, 0.2) is 24.3 Å². The third-order valence-electron chi connectivity index (χ3n) is 3.86. The Kier molecular flexibility index (Phi) is 6.16. The number of hydrogen-bond acceptors (Lipinski definition) is 6. The van der Waals surface area contributed by atoms with Crippen molar-refractivity contribution in [1.82, 2.24) is 4.98 Å². The van der Waals surface area contributed by atoms with Gasteiger partial charge in [0.1, 0.15) is 11.4 Å². The van der Waals surface area contributed by atoms with E-state index in [2.05, 4.69) is 4.98 Å². The number of methoxy groups -OCH3 is 1. The zero-order valence-electron chi connectivity index (χ0n) is 15.2. The maximum absolute atomic E-state index is 12.4. The predicted octanol–water partition coefficient (Wildman–Crippen LogP) is 2.86. The summed E-state index contributed by atoms with van der Waals surface area (Å²) in [6, 6.07) is 6.69. The van der Waals surface area contributed by atoms with Crippen LogP contribution in [0.1, 0.15) is 49.4 Å². The summed E-state index contributed by atoms with van der Waals surface area (Å²) in [7, 11) is 1.46. The number of carbonyl (C=O) groups is 3. The monoisotopic (exact) mass is 359 g/mol. The molecule has 2 aromatic rings. The van der Waals surface area contributed by atoms with E-state index >= 15 is 0 Å². The number of esters is 2. The number of H-pyrrole nitrogens is 1. The van der Waals surface area contributed by atoms with Gasteiger partial charge in [-0.25, -0.2) is 9.59 Å². The van der Waals surface area contributed by atoms with Crippen molar-refractivity contribution in [2.24, 2.45) is 0 Å². The minimum absolute atomic E-state index is 0.201. The summed E-state index contributed by atoms with van der Waals surface area (Å²) < 4.78 is 15.2. The second-order valence-electron chi connectivity index (χ2n) is 5.55. The molecule has 1 aromatic heterocycles. The number of ketones is 1. The van der Waals surface area contributed by atoms with Crippen molar-refractivity contribution in [3.05, 3.63) is 52.3 Å². The molecule has 1 aromatic carbocycles. The Bertz CT molecular complexity index is 837. The summed E-state index contributed by atoms with van der Waals surface area (Å²) in [6.07, 6.45) is 0. The van der Waals surface area contributed by atoms with Gasteiger partial charge >= 0.3 is 11.9 Å². The Hall–Kier alpha value is -3.09. The van der Waals surface area contributed by atoms with Gasteiger partial charge in [-0.2, -0.15) is 0 Å². The fraction of sp³-hybridized carbons (Fsp3) is 0.316. The van der Waals surface area contributed by atoms with Gasteiger partial charge in [0.25, 0.3) is 0 Å². The molecular formula is C19H21NO6. The normalized spacial score (nSPS) is 10.3. The van der Waals surface area contributed by atoms with Gasteiger partial charge in [0.05, 0.1) is 24.8 Å². The van der Waals surface area contributed by atoms with Crippen LogP contribution in [0.2, 0.25) is 0 Å². The SMILES string of the molecule is CCOC(=O)c1[nH]c(C)c(C(=O)OCC(=O)c2ccccc2OC)c1C. The molecule has 0 saturated heterocycles. The van der Waals surface area contributed by atoms with Crippen LogP contribution < -0.4 is 4.74 Å². The molecule has 0 saturated carbocycles. The van der Waals surface area contributed by atoms with Crippen LogP contribution in [0.4, 0.5) is 0 Å². The van der Waals surface area contributed by atoms with Gasteiger partial charge < -0.3 is 19.2 Å². The molecule has 2 rings (SSSR count). The summed E-state index contributed by atoms with van der Waals surface area (Å²) >= 11 is 0. The van der Waals surface area contributed by atoms with Crippen LogP contribution in [0.25, 0.3) is 0 Å². The lowest BCUT2D eigenvalue weighted by atomic mass is 10.1. The summed E-state index contributed by atoms with van der Waals surface area (Å²) in [5.74, 6) is -1.20. The fourth-order valence-corrected chi connectivity index (χ4v) is 2.62. The Morgan fingerprint density at radius 1 is 1.04 bits per heavy atom. The lowest BCUT2D eigenvalue weighted by Gasteiger charge is -2.08. The molecule has 0 amide bonds. The molecule has 1 N–H and O–H groups in total. The second kappa shape index (κ2) is 8.33. The third-order valence-corrected chi connectivity index (χ3v) is 3.86. The number of aryl methyl sites for hydroxylation is 1. The molecule has 0 radical (unpaired) electrons. The van der Waals surface area contributed by atoms with Crippen molar-refractivity contribution in [3.63, 3.8) is 0 Å². The summed E-state index contributed by atoms with van der Waals surface area (Å²) in [5, 5.41) is 0. The van der Waals surface area contributed by atoms with E-state index < -0.39 is 18.5 Å². The first kappa shape index (κ1) is 19.2. The van der Waals surface area contributed by atoms with E-state index in [1.54, 1.807) is 45.0 Å². The maximum Gasteiger partial charge on any atom is 0.355 e. The standard InChI is InChI=1S/C19H21NO6/c1-5-25-19(23)17-11(2)16(12(3)20-17)18(22)26-10-14(21)13-8-6-7-9-15(13)24-4/h6-9,20H,5,10H2,1-4H3. The number of para-hydroxylation sites is 1. The summed E-state index contributed by atoms with van der Waals surface area (Å²) in [4.78, 5) is 39.4. The average molecular weight is 359 g/mol.